The van der Waals surface area contributed by atoms with Gasteiger partial charge >= 0.3 is 0 Å². The Hall–Kier alpha value is -0.720. The van der Waals surface area contributed by atoms with Crippen molar-refractivity contribution in [3.05, 3.63) is 18.0 Å². The van der Waals surface area contributed by atoms with E-state index in [1.54, 1.807) is 0 Å². The molecule has 2 nitrogen and oxygen atoms in total. The normalized spacial score (nSPS) is 11.0. The zero-order valence-electron chi connectivity index (χ0n) is 11.2. The maximum atomic E-state index is 3.75. The van der Waals surface area contributed by atoms with Gasteiger partial charge in [0, 0.05) is 19.5 Å². The summed E-state index contributed by atoms with van der Waals surface area (Å²) in [6.07, 6.45) is 0. The first-order valence-electron chi connectivity index (χ1n) is 5.68. The Morgan fingerprint density at radius 2 is 1.73 bits per heavy atom. The van der Waals surface area contributed by atoms with Gasteiger partial charge in [0.2, 0.25) is 0 Å². The molecule has 88 valence electrons. The summed E-state index contributed by atoms with van der Waals surface area (Å²) in [5.41, 5.74) is 4.21. The molecule has 2 heteroatoms. The molecule has 0 aliphatic carbocycles. The first-order chi connectivity index (χ1) is 6.88. The molecule has 0 aromatic rings. The molecule has 15 heavy (non-hydrogen) atoms. The summed E-state index contributed by atoms with van der Waals surface area (Å²) in [4.78, 5) is 4.55. The van der Waals surface area contributed by atoms with Gasteiger partial charge < -0.3 is 4.90 Å². The number of hydrogen-bond donors (Lipinski definition) is 0. The summed E-state index contributed by atoms with van der Waals surface area (Å²) in [5, 5.41) is 0. The second kappa shape index (κ2) is 6.71. The highest BCUT2D eigenvalue weighted by Gasteiger charge is 2.10. The van der Waals surface area contributed by atoms with Crippen molar-refractivity contribution in [1.82, 2.24) is 9.80 Å². The smallest absolute Gasteiger partial charge is 0.0704 e. The monoisotopic (exact) mass is 210 g/mol. The van der Waals surface area contributed by atoms with Crippen LogP contribution in [0.5, 0.6) is 0 Å². The molecular formula is C13H26N2. The molecular weight excluding hydrogens is 184 g/mol. The number of allylic oxidation sites excluding steroid dienone is 1. The lowest BCUT2D eigenvalue weighted by Crippen LogP contribution is -2.35. The summed E-state index contributed by atoms with van der Waals surface area (Å²) in [6.45, 7) is 14.6. The molecule has 0 saturated heterocycles. The van der Waals surface area contributed by atoms with Crippen molar-refractivity contribution in [3.8, 4) is 0 Å². The van der Waals surface area contributed by atoms with Crippen LogP contribution < -0.4 is 0 Å². The summed E-state index contributed by atoms with van der Waals surface area (Å²) in [7, 11) is 4.25. The van der Waals surface area contributed by atoms with Gasteiger partial charge in [-0.3, -0.25) is 4.90 Å². The third-order valence-corrected chi connectivity index (χ3v) is 2.27. The molecule has 0 aliphatic rings. The zero-order chi connectivity index (χ0) is 12.0. The first kappa shape index (κ1) is 14.3. The Bertz CT molecular complexity index is 225. The molecule has 0 aromatic heterocycles. The van der Waals surface area contributed by atoms with E-state index in [1.165, 1.54) is 5.70 Å². The summed E-state index contributed by atoms with van der Waals surface area (Å²) in [6, 6.07) is 0. The first-order valence-corrected chi connectivity index (χ1v) is 5.68. The van der Waals surface area contributed by atoms with Crippen LogP contribution in [0.3, 0.4) is 0 Å². The third kappa shape index (κ3) is 5.66. The second-order valence-corrected chi connectivity index (χ2v) is 4.99. The molecule has 0 radical (unpaired) electrons. The lowest BCUT2D eigenvalue weighted by molar-refractivity contribution is 0.189. The second-order valence-electron chi connectivity index (χ2n) is 4.99. The van der Waals surface area contributed by atoms with Crippen LogP contribution in [0.2, 0.25) is 0 Å². The van der Waals surface area contributed by atoms with Gasteiger partial charge in [-0.1, -0.05) is 34.3 Å². The fourth-order valence-corrected chi connectivity index (χ4v) is 1.90. The fraction of sp³-hybridized carbons (Fsp3) is 0.769. The van der Waals surface area contributed by atoms with Crippen LogP contribution >= 0.6 is 0 Å². The van der Waals surface area contributed by atoms with Crippen LogP contribution in [-0.4, -0.2) is 37.1 Å². The van der Waals surface area contributed by atoms with E-state index in [0.717, 1.165) is 13.2 Å². The van der Waals surface area contributed by atoms with Gasteiger partial charge in [0.25, 0.3) is 0 Å². The Labute approximate surface area is 95.3 Å². The molecule has 0 aliphatic heterocycles. The van der Waals surface area contributed by atoms with E-state index in [4.69, 9.17) is 0 Å². The molecule has 0 rings (SSSR count). The van der Waals surface area contributed by atoms with Gasteiger partial charge in [0.05, 0.1) is 12.4 Å². The van der Waals surface area contributed by atoms with Crippen LogP contribution in [0.4, 0.5) is 0 Å². The Morgan fingerprint density at radius 3 is 2.07 bits per heavy atom. The maximum absolute atomic E-state index is 3.75. The minimum absolute atomic E-state index is 0.486. The molecule has 0 aromatic carbocycles. The SMILES string of the molecule is C=C=C(C(C)C)N(C)CN(C)CC(C)C. The van der Waals surface area contributed by atoms with Gasteiger partial charge in [0.15, 0.2) is 0 Å². The van der Waals surface area contributed by atoms with Crippen molar-refractivity contribution >= 4 is 0 Å². The summed E-state index contributed by atoms with van der Waals surface area (Å²) < 4.78 is 0. The van der Waals surface area contributed by atoms with Crippen molar-refractivity contribution in [2.75, 3.05) is 27.3 Å². The van der Waals surface area contributed by atoms with Crippen LogP contribution in [0, 0.1) is 11.8 Å². The molecule has 0 fully saturated rings. The van der Waals surface area contributed by atoms with E-state index < -0.39 is 0 Å². The maximum Gasteiger partial charge on any atom is 0.0704 e. The topological polar surface area (TPSA) is 6.48 Å². The predicted octanol–water partition coefficient (Wildman–Crippen LogP) is 2.79. The Morgan fingerprint density at radius 1 is 1.20 bits per heavy atom. The van der Waals surface area contributed by atoms with E-state index in [9.17, 15) is 0 Å². The molecule has 0 saturated carbocycles. The Balaban J connectivity index is 4.23. The molecule has 0 heterocycles. The van der Waals surface area contributed by atoms with Crippen LogP contribution in [0.25, 0.3) is 0 Å². The van der Waals surface area contributed by atoms with E-state index in [-0.39, 0.29) is 0 Å². The highest BCUT2D eigenvalue weighted by molar-refractivity contribution is 5.00. The van der Waals surface area contributed by atoms with E-state index in [1.807, 2.05) is 0 Å². The number of hydrogen-bond acceptors (Lipinski definition) is 2. The van der Waals surface area contributed by atoms with Gasteiger partial charge in [-0.15, -0.1) is 5.73 Å². The van der Waals surface area contributed by atoms with Crippen LogP contribution in [-0.2, 0) is 0 Å². The third-order valence-electron chi connectivity index (χ3n) is 2.27. The molecule has 0 spiro atoms. The van der Waals surface area contributed by atoms with E-state index in [0.29, 0.717) is 11.8 Å². The summed E-state index contributed by atoms with van der Waals surface area (Å²) >= 11 is 0. The minimum Gasteiger partial charge on any atom is -0.358 e. The lowest BCUT2D eigenvalue weighted by atomic mass is 10.1. The Kier molecular flexibility index (Phi) is 6.38. The molecule has 0 N–H and O–H groups in total. The summed E-state index contributed by atoms with van der Waals surface area (Å²) in [5.74, 6) is 1.19. The van der Waals surface area contributed by atoms with Gasteiger partial charge in [0.1, 0.15) is 0 Å². The van der Waals surface area contributed by atoms with Gasteiger partial charge in [-0.05, 0) is 13.0 Å². The van der Waals surface area contributed by atoms with Crippen molar-refractivity contribution in [2.45, 2.75) is 27.7 Å². The quantitative estimate of drug-likeness (QED) is 0.491. The zero-order valence-corrected chi connectivity index (χ0v) is 11.2. The lowest BCUT2D eigenvalue weighted by Gasteiger charge is -2.29. The van der Waals surface area contributed by atoms with E-state index in [2.05, 4.69) is 63.9 Å². The number of nitrogens with zero attached hydrogens (tertiary/aromatic N) is 2. The largest absolute Gasteiger partial charge is 0.358 e. The average Bonchev–Trinajstić information content (AvgIpc) is 2.01. The highest BCUT2D eigenvalue weighted by Crippen LogP contribution is 2.12. The van der Waals surface area contributed by atoms with Crippen molar-refractivity contribution < 1.29 is 0 Å². The van der Waals surface area contributed by atoms with E-state index >= 15 is 0 Å². The average molecular weight is 210 g/mol. The van der Waals surface area contributed by atoms with Crippen molar-refractivity contribution in [1.29, 1.82) is 0 Å². The van der Waals surface area contributed by atoms with Crippen molar-refractivity contribution in [3.63, 3.8) is 0 Å². The molecule has 0 amide bonds. The predicted molar refractivity (Wildman–Crippen MR) is 67.6 cm³/mol. The molecule has 0 unspecified atom stereocenters. The van der Waals surface area contributed by atoms with Crippen molar-refractivity contribution in [2.24, 2.45) is 11.8 Å². The van der Waals surface area contributed by atoms with Gasteiger partial charge in [-0.25, -0.2) is 0 Å². The minimum atomic E-state index is 0.486. The molecule has 0 atom stereocenters. The van der Waals surface area contributed by atoms with Gasteiger partial charge in [-0.2, -0.15) is 0 Å². The van der Waals surface area contributed by atoms with Crippen LogP contribution in [0.15, 0.2) is 18.0 Å². The highest BCUT2D eigenvalue weighted by atomic mass is 15.3. The number of rotatable bonds is 6. The standard InChI is InChI=1S/C13H26N2/c1-8-13(12(4)5)15(7)10-14(6)9-11(2)3/h11-12H,1,9-10H2,2-7H3. The molecule has 0 bridgehead atoms. The fourth-order valence-electron chi connectivity index (χ4n) is 1.90. The van der Waals surface area contributed by atoms with Crippen LogP contribution in [0.1, 0.15) is 27.7 Å².